The average molecular weight is 570 g/mol. The molecule has 3 rings (SSSR count). The van der Waals surface area contributed by atoms with E-state index in [0.717, 1.165) is 21.9 Å². The summed E-state index contributed by atoms with van der Waals surface area (Å²) in [7, 11) is -4.08. The highest BCUT2D eigenvalue weighted by Gasteiger charge is 2.33. The van der Waals surface area contributed by atoms with Crippen LogP contribution in [0.1, 0.15) is 44.7 Å². The van der Waals surface area contributed by atoms with Gasteiger partial charge in [-0.1, -0.05) is 73.5 Å². The third kappa shape index (κ3) is 7.83. The molecule has 0 bridgehead atoms. The molecule has 9 heteroatoms. The number of nitrogens with one attached hydrogen (secondary N) is 1. The lowest BCUT2D eigenvalue weighted by atomic mass is 10.1. The number of halogens is 1. The summed E-state index contributed by atoms with van der Waals surface area (Å²) in [5.41, 5.74) is 2.09. The minimum Gasteiger partial charge on any atom is -0.352 e. The number of hydrogen-bond donors (Lipinski definition) is 1. The monoisotopic (exact) mass is 569 g/mol. The number of aryl methyl sites for hydroxylation is 1. The van der Waals surface area contributed by atoms with Crippen molar-refractivity contribution in [3.63, 3.8) is 0 Å². The number of sulfonamides is 1. The fourth-order valence-corrected chi connectivity index (χ4v) is 5.67. The Morgan fingerprint density at radius 2 is 1.51 bits per heavy atom. The number of anilines is 1. The van der Waals surface area contributed by atoms with Gasteiger partial charge in [-0.3, -0.25) is 13.9 Å². The van der Waals surface area contributed by atoms with Gasteiger partial charge in [0.2, 0.25) is 11.8 Å². The van der Waals surface area contributed by atoms with Crippen molar-refractivity contribution in [2.24, 2.45) is 0 Å². The molecule has 0 aliphatic carbocycles. The summed E-state index contributed by atoms with van der Waals surface area (Å²) in [6, 6.07) is 21.1. The van der Waals surface area contributed by atoms with Gasteiger partial charge < -0.3 is 10.2 Å². The highest BCUT2D eigenvalue weighted by Crippen LogP contribution is 2.25. The molecular weight excluding hydrogens is 534 g/mol. The predicted octanol–water partition coefficient (Wildman–Crippen LogP) is 5.57. The second kappa shape index (κ2) is 13.6. The molecule has 0 aliphatic heterocycles. The quantitative estimate of drug-likeness (QED) is 0.309. The number of nitrogens with zero attached hydrogens (tertiary/aromatic N) is 2. The van der Waals surface area contributed by atoms with Gasteiger partial charge in [0.15, 0.2) is 0 Å². The van der Waals surface area contributed by atoms with Crippen LogP contribution in [0.4, 0.5) is 5.69 Å². The molecule has 208 valence electrons. The summed E-state index contributed by atoms with van der Waals surface area (Å²) < 4.78 is 28.7. The van der Waals surface area contributed by atoms with Crippen LogP contribution in [-0.2, 0) is 26.2 Å². The Balaban J connectivity index is 2.03. The lowest BCUT2D eigenvalue weighted by molar-refractivity contribution is -0.140. The largest absolute Gasteiger partial charge is 0.352 e. The van der Waals surface area contributed by atoms with Crippen LogP contribution in [0.25, 0.3) is 0 Å². The summed E-state index contributed by atoms with van der Waals surface area (Å²) >= 11 is 6.06. The summed E-state index contributed by atoms with van der Waals surface area (Å²) in [5, 5.41) is 3.53. The van der Waals surface area contributed by atoms with Gasteiger partial charge in [0.05, 0.1) is 10.6 Å². The van der Waals surface area contributed by atoms with Gasteiger partial charge in [0, 0.05) is 17.6 Å². The summed E-state index contributed by atoms with van der Waals surface area (Å²) in [6.07, 6.45) is 1.10. The summed E-state index contributed by atoms with van der Waals surface area (Å²) in [6.45, 7) is 7.26. The van der Waals surface area contributed by atoms with Crippen molar-refractivity contribution in [2.45, 2.75) is 64.1 Å². The van der Waals surface area contributed by atoms with Crippen LogP contribution in [0.2, 0.25) is 5.02 Å². The van der Waals surface area contributed by atoms with Crippen molar-refractivity contribution in [1.82, 2.24) is 10.2 Å². The minimum atomic E-state index is -4.08. The fourth-order valence-electron chi connectivity index (χ4n) is 4.11. The molecular formula is C30H36ClN3O4S. The first kappa shape index (κ1) is 30.2. The first-order valence-corrected chi connectivity index (χ1v) is 14.9. The molecule has 1 N–H and O–H groups in total. The number of amides is 2. The van der Waals surface area contributed by atoms with Gasteiger partial charge >= 0.3 is 0 Å². The Morgan fingerprint density at radius 3 is 2.08 bits per heavy atom. The van der Waals surface area contributed by atoms with Crippen LogP contribution in [0.15, 0.2) is 83.8 Å². The van der Waals surface area contributed by atoms with Crippen LogP contribution in [0, 0.1) is 6.92 Å². The number of hydrogen-bond acceptors (Lipinski definition) is 4. The second-order valence-corrected chi connectivity index (χ2v) is 11.8. The molecule has 0 aromatic heterocycles. The Bertz CT molecular complexity index is 1350. The van der Waals surface area contributed by atoms with Crippen LogP contribution in [0.3, 0.4) is 0 Å². The van der Waals surface area contributed by atoms with Crippen molar-refractivity contribution < 1.29 is 18.0 Å². The van der Waals surface area contributed by atoms with Crippen molar-refractivity contribution in [3.05, 3.63) is 95.0 Å². The molecule has 2 amide bonds. The highest BCUT2D eigenvalue weighted by atomic mass is 35.5. The molecule has 7 nitrogen and oxygen atoms in total. The molecule has 0 saturated carbocycles. The van der Waals surface area contributed by atoms with E-state index in [9.17, 15) is 18.0 Å². The van der Waals surface area contributed by atoms with Crippen molar-refractivity contribution >= 4 is 39.1 Å². The van der Waals surface area contributed by atoms with E-state index in [1.165, 1.54) is 17.0 Å². The van der Waals surface area contributed by atoms with Gasteiger partial charge in [0.1, 0.15) is 12.6 Å². The predicted molar refractivity (Wildman–Crippen MR) is 156 cm³/mol. The smallest absolute Gasteiger partial charge is 0.264 e. The molecule has 39 heavy (non-hydrogen) atoms. The standard InChI is InChI=1S/C30H36ClN3O4S/c1-5-23(4)32-30(36)28(6-2)33(20-24-14-16-25(31)17-15-24)29(35)21-34(26-18-12-22(3)13-19-26)39(37,38)27-10-8-7-9-11-27/h7-19,23,28H,5-6,20-21H2,1-4H3,(H,32,36)/t23-,28-/m1/s1. The third-order valence-corrected chi connectivity index (χ3v) is 8.63. The lowest BCUT2D eigenvalue weighted by Crippen LogP contribution is -2.53. The van der Waals surface area contributed by atoms with E-state index < -0.39 is 28.5 Å². The van der Waals surface area contributed by atoms with E-state index in [-0.39, 0.29) is 23.4 Å². The molecule has 0 saturated heterocycles. The minimum absolute atomic E-state index is 0.0680. The highest BCUT2D eigenvalue weighted by molar-refractivity contribution is 7.92. The van der Waals surface area contributed by atoms with Gasteiger partial charge in [-0.2, -0.15) is 0 Å². The zero-order valence-corrected chi connectivity index (χ0v) is 24.4. The van der Waals surface area contributed by atoms with E-state index in [4.69, 9.17) is 11.6 Å². The Kier molecular flexibility index (Phi) is 10.5. The molecule has 0 spiro atoms. The Hall–Kier alpha value is -3.36. The lowest BCUT2D eigenvalue weighted by Gasteiger charge is -2.33. The molecule has 0 heterocycles. The van der Waals surface area contributed by atoms with E-state index in [0.29, 0.717) is 17.1 Å². The maximum Gasteiger partial charge on any atom is 0.264 e. The molecule has 2 atom stereocenters. The van der Waals surface area contributed by atoms with Gasteiger partial charge in [-0.05, 0) is 68.7 Å². The zero-order chi connectivity index (χ0) is 28.6. The number of benzene rings is 3. The topological polar surface area (TPSA) is 86.8 Å². The zero-order valence-electron chi connectivity index (χ0n) is 22.8. The summed E-state index contributed by atoms with van der Waals surface area (Å²) in [4.78, 5) is 28.8. The first-order chi connectivity index (χ1) is 18.6. The van der Waals surface area contributed by atoms with Crippen molar-refractivity contribution in [1.29, 1.82) is 0 Å². The molecule has 0 unspecified atom stereocenters. The number of rotatable bonds is 12. The normalized spacial score (nSPS) is 12.8. The molecule has 3 aromatic rings. The van der Waals surface area contributed by atoms with Crippen molar-refractivity contribution in [3.8, 4) is 0 Å². The average Bonchev–Trinajstić information content (AvgIpc) is 2.93. The van der Waals surface area contributed by atoms with Gasteiger partial charge in [0.25, 0.3) is 10.0 Å². The van der Waals surface area contributed by atoms with Crippen LogP contribution in [-0.4, -0.2) is 43.8 Å². The van der Waals surface area contributed by atoms with Gasteiger partial charge in [-0.25, -0.2) is 8.42 Å². The SMILES string of the molecule is CC[C@@H](C)NC(=O)[C@@H](CC)N(Cc1ccc(Cl)cc1)C(=O)CN(c1ccc(C)cc1)S(=O)(=O)c1ccccc1. The fraction of sp³-hybridized carbons (Fsp3) is 0.333. The van der Waals surface area contributed by atoms with Crippen molar-refractivity contribution in [2.75, 3.05) is 10.8 Å². The van der Waals surface area contributed by atoms with Crippen LogP contribution in [0.5, 0.6) is 0 Å². The third-order valence-electron chi connectivity index (χ3n) is 6.59. The van der Waals surface area contributed by atoms with E-state index >= 15 is 0 Å². The first-order valence-electron chi connectivity index (χ1n) is 13.1. The molecule has 3 aromatic carbocycles. The second-order valence-electron chi connectivity index (χ2n) is 9.55. The van der Waals surface area contributed by atoms with Gasteiger partial charge in [-0.15, -0.1) is 0 Å². The van der Waals surface area contributed by atoms with E-state index in [1.807, 2.05) is 27.7 Å². The Morgan fingerprint density at radius 1 is 0.897 bits per heavy atom. The van der Waals surface area contributed by atoms with E-state index in [2.05, 4.69) is 5.32 Å². The molecule has 0 aliphatic rings. The summed E-state index contributed by atoms with van der Waals surface area (Å²) in [5.74, 6) is -0.766. The van der Waals surface area contributed by atoms with E-state index in [1.54, 1.807) is 66.7 Å². The van der Waals surface area contributed by atoms with Crippen LogP contribution < -0.4 is 9.62 Å². The maximum absolute atomic E-state index is 14.0. The number of carbonyl (C=O) groups excluding carboxylic acids is 2. The Labute approximate surface area is 236 Å². The molecule has 0 radical (unpaired) electrons. The number of carbonyl (C=O) groups is 2. The maximum atomic E-state index is 14.0. The molecule has 0 fully saturated rings. The van der Waals surface area contributed by atoms with Crippen LogP contribution >= 0.6 is 11.6 Å².